The molecule has 1 aromatic heterocycles. The Bertz CT molecular complexity index is 906. The van der Waals surface area contributed by atoms with Crippen LogP contribution in [0.5, 0.6) is 11.5 Å². The number of hydrogen-bond donors (Lipinski definition) is 1. The van der Waals surface area contributed by atoms with E-state index in [9.17, 15) is 4.79 Å². The van der Waals surface area contributed by atoms with Crippen molar-refractivity contribution in [3.05, 3.63) is 54.2 Å². The van der Waals surface area contributed by atoms with Crippen molar-refractivity contribution in [1.29, 1.82) is 0 Å². The van der Waals surface area contributed by atoms with Crippen molar-refractivity contribution >= 4 is 22.5 Å². The van der Waals surface area contributed by atoms with Crippen LogP contribution in [0, 0.1) is 5.92 Å². The van der Waals surface area contributed by atoms with Gasteiger partial charge in [0.2, 0.25) is 0 Å². The molecule has 0 bridgehead atoms. The molecule has 3 aromatic rings. The molecule has 0 fully saturated rings. The van der Waals surface area contributed by atoms with Gasteiger partial charge in [0.05, 0.1) is 14.2 Å². The van der Waals surface area contributed by atoms with Crippen molar-refractivity contribution in [2.45, 2.75) is 20.4 Å². The second kappa shape index (κ2) is 7.52. The Kier molecular flexibility index (Phi) is 5.16. The van der Waals surface area contributed by atoms with Gasteiger partial charge in [-0.3, -0.25) is 4.79 Å². The highest BCUT2D eigenvalue weighted by Gasteiger charge is 2.11. The lowest BCUT2D eigenvalue weighted by molar-refractivity contribution is 0.102. The zero-order chi connectivity index (χ0) is 18.7. The van der Waals surface area contributed by atoms with Crippen LogP contribution >= 0.6 is 0 Å². The van der Waals surface area contributed by atoms with Gasteiger partial charge in [-0.25, -0.2) is 0 Å². The van der Waals surface area contributed by atoms with Crippen molar-refractivity contribution in [2.24, 2.45) is 5.92 Å². The SMILES string of the molecule is COc1cc(OC)cc(C(=O)Nc2ccc3c(ccn3CC(C)C)c2)c1. The van der Waals surface area contributed by atoms with E-state index in [1.54, 1.807) is 32.4 Å². The molecule has 0 radical (unpaired) electrons. The quantitative estimate of drug-likeness (QED) is 0.707. The highest BCUT2D eigenvalue weighted by Crippen LogP contribution is 2.25. The number of fused-ring (bicyclic) bond motifs is 1. The zero-order valence-corrected chi connectivity index (χ0v) is 15.6. The Morgan fingerprint density at radius 1 is 1.04 bits per heavy atom. The molecule has 0 saturated carbocycles. The largest absolute Gasteiger partial charge is 0.497 e. The minimum atomic E-state index is -0.205. The number of ether oxygens (including phenoxy) is 2. The third-order valence-electron chi connectivity index (χ3n) is 4.20. The average Bonchev–Trinajstić information content (AvgIpc) is 3.02. The molecule has 5 heteroatoms. The van der Waals surface area contributed by atoms with Gasteiger partial charge in [0.25, 0.3) is 5.91 Å². The molecule has 0 aliphatic heterocycles. The minimum absolute atomic E-state index is 0.205. The fraction of sp³-hybridized carbons (Fsp3) is 0.286. The standard InChI is InChI=1S/C21H24N2O3/c1-14(2)13-23-8-7-15-9-17(5-6-20(15)23)22-21(24)16-10-18(25-3)12-19(11-16)26-4/h5-12,14H,13H2,1-4H3,(H,22,24). The number of benzene rings is 2. The normalized spacial score (nSPS) is 11.0. The van der Waals surface area contributed by atoms with Gasteiger partial charge >= 0.3 is 0 Å². The maximum Gasteiger partial charge on any atom is 0.255 e. The van der Waals surface area contributed by atoms with Gasteiger partial charge in [-0.2, -0.15) is 0 Å². The predicted molar refractivity (Wildman–Crippen MR) is 104 cm³/mol. The van der Waals surface area contributed by atoms with Crippen molar-refractivity contribution in [2.75, 3.05) is 19.5 Å². The molecule has 0 saturated heterocycles. The average molecular weight is 352 g/mol. The highest BCUT2D eigenvalue weighted by molar-refractivity contribution is 6.05. The summed E-state index contributed by atoms with van der Waals surface area (Å²) in [5.41, 5.74) is 2.41. The molecule has 1 N–H and O–H groups in total. The topological polar surface area (TPSA) is 52.5 Å². The number of rotatable bonds is 6. The molecule has 26 heavy (non-hydrogen) atoms. The molecule has 136 valence electrons. The zero-order valence-electron chi connectivity index (χ0n) is 15.6. The first kappa shape index (κ1) is 17.9. The Hall–Kier alpha value is -2.95. The van der Waals surface area contributed by atoms with Crippen molar-refractivity contribution < 1.29 is 14.3 Å². The molecule has 5 nitrogen and oxygen atoms in total. The second-order valence-corrected chi connectivity index (χ2v) is 6.69. The van der Waals surface area contributed by atoms with Crippen molar-refractivity contribution in [3.8, 4) is 11.5 Å². The molecule has 0 aliphatic carbocycles. The molecule has 1 amide bonds. The van der Waals surface area contributed by atoms with E-state index in [4.69, 9.17) is 9.47 Å². The molecular formula is C21H24N2O3. The van der Waals surface area contributed by atoms with Gasteiger partial charge in [-0.1, -0.05) is 13.8 Å². The highest BCUT2D eigenvalue weighted by atomic mass is 16.5. The Morgan fingerprint density at radius 2 is 1.73 bits per heavy atom. The number of methoxy groups -OCH3 is 2. The van der Waals surface area contributed by atoms with Gasteiger partial charge in [-0.05, 0) is 42.3 Å². The van der Waals surface area contributed by atoms with E-state index in [1.165, 1.54) is 5.52 Å². The molecule has 0 atom stereocenters. The monoisotopic (exact) mass is 352 g/mol. The summed E-state index contributed by atoms with van der Waals surface area (Å²) in [5, 5.41) is 4.05. The number of amides is 1. The summed E-state index contributed by atoms with van der Waals surface area (Å²) in [7, 11) is 3.12. The number of nitrogens with zero attached hydrogens (tertiary/aromatic N) is 1. The fourth-order valence-corrected chi connectivity index (χ4v) is 2.97. The number of nitrogens with one attached hydrogen (secondary N) is 1. The third-order valence-corrected chi connectivity index (χ3v) is 4.20. The summed E-state index contributed by atoms with van der Waals surface area (Å²) in [6, 6.07) is 13.1. The van der Waals surface area contributed by atoms with Crippen LogP contribution in [-0.4, -0.2) is 24.7 Å². The Balaban J connectivity index is 1.83. The molecule has 0 aliphatic rings. The molecule has 2 aromatic carbocycles. The molecule has 1 heterocycles. The van der Waals surface area contributed by atoms with E-state index in [0.717, 1.165) is 17.6 Å². The van der Waals surface area contributed by atoms with Crippen LogP contribution in [0.25, 0.3) is 10.9 Å². The minimum Gasteiger partial charge on any atom is -0.497 e. The van der Waals surface area contributed by atoms with Crippen molar-refractivity contribution in [1.82, 2.24) is 4.57 Å². The van der Waals surface area contributed by atoms with Gasteiger partial charge in [-0.15, -0.1) is 0 Å². The number of carbonyl (C=O) groups is 1. The second-order valence-electron chi connectivity index (χ2n) is 6.69. The maximum absolute atomic E-state index is 12.6. The predicted octanol–water partition coefficient (Wildman–Crippen LogP) is 4.57. The Labute approximate surface area is 153 Å². The van der Waals surface area contributed by atoms with Crippen LogP contribution in [0.4, 0.5) is 5.69 Å². The van der Waals surface area contributed by atoms with Crippen LogP contribution in [0.1, 0.15) is 24.2 Å². The first-order chi connectivity index (χ1) is 12.5. The Morgan fingerprint density at radius 3 is 2.35 bits per heavy atom. The molecule has 0 spiro atoms. The summed E-state index contributed by atoms with van der Waals surface area (Å²) >= 11 is 0. The third kappa shape index (κ3) is 3.82. The molecule has 0 unspecified atom stereocenters. The van der Waals surface area contributed by atoms with E-state index < -0.39 is 0 Å². The van der Waals surface area contributed by atoms with Crippen LogP contribution in [0.15, 0.2) is 48.7 Å². The molecule has 3 rings (SSSR count). The number of anilines is 1. The summed E-state index contributed by atoms with van der Waals surface area (Å²) in [5.74, 6) is 1.53. The fourth-order valence-electron chi connectivity index (χ4n) is 2.97. The first-order valence-electron chi connectivity index (χ1n) is 8.63. The lowest BCUT2D eigenvalue weighted by Crippen LogP contribution is -2.12. The summed E-state index contributed by atoms with van der Waals surface area (Å²) < 4.78 is 12.7. The summed E-state index contributed by atoms with van der Waals surface area (Å²) in [6.45, 7) is 5.37. The van der Waals surface area contributed by atoms with Gasteiger partial charge < -0.3 is 19.4 Å². The first-order valence-corrected chi connectivity index (χ1v) is 8.63. The van der Waals surface area contributed by atoms with Gasteiger partial charge in [0, 0.05) is 41.0 Å². The van der Waals surface area contributed by atoms with E-state index in [1.807, 2.05) is 18.2 Å². The van der Waals surface area contributed by atoms with E-state index in [-0.39, 0.29) is 5.91 Å². The smallest absolute Gasteiger partial charge is 0.255 e. The molecular weight excluding hydrogens is 328 g/mol. The van der Waals surface area contributed by atoms with Crippen LogP contribution < -0.4 is 14.8 Å². The number of carbonyl (C=O) groups excluding carboxylic acids is 1. The summed E-state index contributed by atoms with van der Waals surface area (Å²) in [4.78, 5) is 12.6. The van der Waals surface area contributed by atoms with Gasteiger partial charge in [0.1, 0.15) is 11.5 Å². The van der Waals surface area contributed by atoms with Gasteiger partial charge in [0.15, 0.2) is 0 Å². The van der Waals surface area contributed by atoms with Crippen molar-refractivity contribution in [3.63, 3.8) is 0 Å². The van der Waals surface area contributed by atoms with E-state index in [0.29, 0.717) is 23.0 Å². The van der Waals surface area contributed by atoms with Crippen LogP contribution in [-0.2, 0) is 6.54 Å². The van der Waals surface area contributed by atoms with Crippen LogP contribution in [0.2, 0.25) is 0 Å². The lowest BCUT2D eigenvalue weighted by atomic mass is 10.1. The van der Waals surface area contributed by atoms with E-state index >= 15 is 0 Å². The number of hydrogen-bond acceptors (Lipinski definition) is 3. The maximum atomic E-state index is 12.6. The lowest BCUT2D eigenvalue weighted by Gasteiger charge is -2.11. The van der Waals surface area contributed by atoms with E-state index in [2.05, 4.69) is 36.0 Å². The summed E-state index contributed by atoms with van der Waals surface area (Å²) in [6.07, 6.45) is 2.09. The van der Waals surface area contributed by atoms with Crippen LogP contribution in [0.3, 0.4) is 0 Å². The number of aromatic nitrogens is 1.